The minimum absolute atomic E-state index is 0.00314. The van der Waals surface area contributed by atoms with Crippen LogP contribution in [0.5, 0.6) is 11.5 Å². The molecule has 1 aliphatic rings. The van der Waals surface area contributed by atoms with Crippen molar-refractivity contribution in [2.45, 2.75) is 6.92 Å². The largest absolute Gasteiger partial charge is 0.504 e. The van der Waals surface area contributed by atoms with Crippen molar-refractivity contribution >= 4 is 29.6 Å². The van der Waals surface area contributed by atoms with Gasteiger partial charge in [0.2, 0.25) is 0 Å². The Balaban J connectivity index is 2.00. The highest BCUT2D eigenvalue weighted by Crippen LogP contribution is 2.29. The van der Waals surface area contributed by atoms with Crippen LogP contribution in [-0.2, 0) is 9.59 Å². The van der Waals surface area contributed by atoms with E-state index in [2.05, 4.69) is 5.32 Å². The Morgan fingerprint density at radius 1 is 1.19 bits per heavy atom. The maximum Gasteiger partial charge on any atom is 0.335 e. The van der Waals surface area contributed by atoms with Crippen LogP contribution in [0.25, 0.3) is 6.08 Å². The van der Waals surface area contributed by atoms with Gasteiger partial charge in [-0.3, -0.25) is 14.9 Å². The van der Waals surface area contributed by atoms with E-state index in [1.807, 2.05) is 0 Å². The molecule has 7 nitrogen and oxygen atoms in total. The number of nitrogens with one attached hydrogen (secondary N) is 1. The number of nitrogens with zero attached hydrogens (tertiary/aromatic N) is 1. The normalized spacial score (nSPS) is 15.9. The fraction of sp³-hybridized carbons (Fsp3) is 0.105. The van der Waals surface area contributed by atoms with Gasteiger partial charge in [0.1, 0.15) is 11.4 Å². The number of aromatic hydroxyl groups is 1. The number of imide groups is 2. The van der Waals surface area contributed by atoms with Crippen LogP contribution in [0.4, 0.5) is 14.9 Å². The number of amides is 4. The Hall–Kier alpha value is -3.68. The van der Waals surface area contributed by atoms with E-state index in [4.69, 9.17) is 4.74 Å². The molecule has 0 radical (unpaired) electrons. The van der Waals surface area contributed by atoms with E-state index in [1.165, 1.54) is 42.5 Å². The first-order valence-electron chi connectivity index (χ1n) is 8.03. The maximum atomic E-state index is 13.5. The predicted octanol–water partition coefficient (Wildman–Crippen LogP) is 2.60. The predicted molar refractivity (Wildman–Crippen MR) is 94.7 cm³/mol. The first kappa shape index (κ1) is 18.1. The minimum atomic E-state index is -0.964. The summed E-state index contributed by atoms with van der Waals surface area (Å²) in [6.45, 7) is 2.06. The molecule has 0 saturated carbocycles. The SMILES string of the molecule is CCOc1cc(/C=C2\C(=O)NC(=O)N(c3cccc(F)c3)C2=O)ccc1O. The van der Waals surface area contributed by atoms with E-state index in [0.29, 0.717) is 17.1 Å². The van der Waals surface area contributed by atoms with E-state index in [-0.39, 0.29) is 22.8 Å². The Kier molecular flexibility index (Phi) is 4.89. The molecule has 0 atom stereocenters. The van der Waals surface area contributed by atoms with Crippen molar-refractivity contribution in [1.82, 2.24) is 5.32 Å². The summed E-state index contributed by atoms with van der Waals surface area (Å²) in [5.74, 6) is -2.29. The number of rotatable bonds is 4. The molecule has 0 bridgehead atoms. The topological polar surface area (TPSA) is 95.9 Å². The molecule has 3 rings (SSSR count). The van der Waals surface area contributed by atoms with Gasteiger partial charge >= 0.3 is 6.03 Å². The highest BCUT2D eigenvalue weighted by Gasteiger charge is 2.36. The molecule has 0 aliphatic carbocycles. The number of barbiturate groups is 1. The fourth-order valence-corrected chi connectivity index (χ4v) is 2.57. The lowest BCUT2D eigenvalue weighted by Gasteiger charge is -2.26. The van der Waals surface area contributed by atoms with Crippen LogP contribution < -0.4 is 15.0 Å². The van der Waals surface area contributed by atoms with E-state index in [9.17, 15) is 23.9 Å². The molecule has 2 aromatic rings. The number of phenols is 1. The van der Waals surface area contributed by atoms with Crippen molar-refractivity contribution in [3.63, 3.8) is 0 Å². The third-order valence-electron chi connectivity index (χ3n) is 3.76. The van der Waals surface area contributed by atoms with Crippen LogP contribution in [0.2, 0.25) is 0 Å². The average Bonchev–Trinajstić information content (AvgIpc) is 2.61. The molecule has 1 saturated heterocycles. The van der Waals surface area contributed by atoms with Crippen LogP contribution in [0.3, 0.4) is 0 Å². The molecule has 8 heteroatoms. The number of ether oxygens (including phenoxy) is 1. The smallest absolute Gasteiger partial charge is 0.335 e. The summed E-state index contributed by atoms with van der Waals surface area (Å²) in [7, 11) is 0. The minimum Gasteiger partial charge on any atom is -0.504 e. The molecule has 4 amide bonds. The van der Waals surface area contributed by atoms with Gasteiger partial charge in [0.15, 0.2) is 11.5 Å². The van der Waals surface area contributed by atoms with Gasteiger partial charge in [-0.15, -0.1) is 0 Å². The van der Waals surface area contributed by atoms with Crippen molar-refractivity contribution in [3.8, 4) is 11.5 Å². The molecule has 0 aromatic heterocycles. The molecule has 27 heavy (non-hydrogen) atoms. The molecule has 138 valence electrons. The monoisotopic (exact) mass is 370 g/mol. The maximum absolute atomic E-state index is 13.5. The van der Waals surface area contributed by atoms with Gasteiger partial charge < -0.3 is 9.84 Å². The summed E-state index contributed by atoms with van der Waals surface area (Å²) < 4.78 is 18.7. The summed E-state index contributed by atoms with van der Waals surface area (Å²) in [5.41, 5.74) is 0.0897. The zero-order valence-electron chi connectivity index (χ0n) is 14.2. The number of anilines is 1. The first-order chi connectivity index (χ1) is 12.9. The molecule has 2 N–H and O–H groups in total. The average molecular weight is 370 g/mol. The molecule has 1 aliphatic heterocycles. The number of hydrogen-bond donors (Lipinski definition) is 2. The van der Waals surface area contributed by atoms with E-state index in [0.717, 1.165) is 6.07 Å². The van der Waals surface area contributed by atoms with Crippen molar-refractivity contribution in [3.05, 3.63) is 59.4 Å². The van der Waals surface area contributed by atoms with Crippen molar-refractivity contribution in [2.75, 3.05) is 11.5 Å². The molecular formula is C19H15FN2O5. The number of phenolic OH excluding ortho intramolecular Hbond substituents is 1. The molecule has 2 aromatic carbocycles. The number of hydrogen-bond acceptors (Lipinski definition) is 5. The quantitative estimate of drug-likeness (QED) is 0.637. The molecular weight excluding hydrogens is 355 g/mol. The third-order valence-corrected chi connectivity index (χ3v) is 3.76. The van der Waals surface area contributed by atoms with Crippen LogP contribution in [0, 0.1) is 5.82 Å². The van der Waals surface area contributed by atoms with E-state index < -0.39 is 23.7 Å². The third kappa shape index (κ3) is 3.64. The standard InChI is InChI=1S/C19H15FN2O5/c1-2-27-16-9-11(6-7-15(16)23)8-14-17(24)21-19(26)22(18(14)25)13-5-3-4-12(20)10-13/h3-10,23H,2H2,1H3,(H,21,24,26)/b14-8+. The van der Waals surface area contributed by atoms with E-state index in [1.54, 1.807) is 6.92 Å². The van der Waals surface area contributed by atoms with Gasteiger partial charge in [0, 0.05) is 0 Å². The Morgan fingerprint density at radius 3 is 2.67 bits per heavy atom. The van der Waals surface area contributed by atoms with Crippen LogP contribution in [0.1, 0.15) is 12.5 Å². The zero-order valence-corrected chi connectivity index (χ0v) is 14.2. The summed E-state index contributed by atoms with van der Waals surface area (Å²) in [4.78, 5) is 37.6. The number of benzene rings is 2. The van der Waals surface area contributed by atoms with Crippen LogP contribution in [0.15, 0.2) is 48.0 Å². The number of halogens is 1. The molecule has 1 fully saturated rings. The molecule has 1 heterocycles. The highest BCUT2D eigenvalue weighted by molar-refractivity contribution is 6.39. The molecule has 0 unspecified atom stereocenters. The van der Waals surface area contributed by atoms with Crippen molar-refractivity contribution < 1.29 is 28.6 Å². The van der Waals surface area contributed by atoms with E-state index >= 15 is 0 Å². The Bertz CT molecular complexity index is 970. The molecule has 0 spiro atoms. The van der Waals surface area contributed by atoms with Gasteiger partial charge in [-0.05, 0) is 48.9 Å². The highest BCUT2D eigenvalue weighted by atomic mass is 19.1. The lowest BCUT2D eigenvalue weighted by atomic mass is 10.1. The number of carbonyl (C=O) groups is 3. The summed E-state index contributed by atoms with van der Waals surface area (Å²) in [6, 6.07) is 8.23. The second kappa shape index (κ2) is 7.28. The van der Waals surface area contributed by atoms with Gasteiger partial charge in [-0.2, -0.15) is 0 Å². The fourth-order valence-electron chi connectivity index (χ4n) is 2.57. The van der Waals surface area contributed by atoms with Crippen LogP contribution >= 0.6 is 0 Å². The van der Waals surface area contributed by atoms with Gasteiger partial charge in [-0.1, -0.05) is 12.1 Å². The lowest BCUT2D eigenvalue weighted by Crippen LogP contribution is -2.54. The lowest BCUT2D eigenvalue weighted by molar-refractivity contribution is -0.122. The van der Waals surface area contributed by atoms with Crippen molar-refractivity contribution in [2.24, 2.45) is 0 Å². The second-order valence-corrected chi connectivity index (χ2v) is 5.60. The first-order valence-corrected chi connectivity index (χ1v) is 8.03. The zero-order chi connectivity index (χ0) is 19.6. The van der Waals surface area contributed by atoms with Gasteiger partial charge in [-0.25, -0.2) is 14.1 Å². The number of urea groups is 1. The van der Waals surface area contributed by atoms with Crippen molar-refractivity contribution in [1.29, 1.82) is 0 Å². The van der Waals surface area contributed by atoms with Gasteiger partial charge in [0.25, 0.3) is 11.8 Å². The number of carbonyl (C=O) groups excluding carboxylic acids is 3. The van der Waals surface area contributed by atoms with Crippen LogP contribution in [-0.4, -0.2) is 29.6 Å². The summed E-state index contributed by atoms with van der Waals surface area (Å²) >= 11 is 0. The Morgan fingerprint density at radius 2 is 1.96 bits per heavy atom. The van der Waals surface area contributed by atoms with Gasteiger partial charge in [0.05, 0.1) is 12.3 Å². The summed E-state index contributed by atoms with van der Waals surface area (Å²) in [5, 5.41) is 11.8. The summed E-state index contributed by atoms with van der Waals surface area (Å²) in [6.07, 6.45) is 1.26. The second-order valence-electron chi connectivity index (χ2n) is 5.60. The Labute approximate surface area is 153 Å².